The number of carbonyl (C=O) groups excluding carboxylic acids is 2. The molecule has 2 N–H and O–H groups in total. The molecule has 0 radical (unpaired) electrons. The Labute approximate surface area is 170 Å². The molecule has 0 bridgehead atoms. The second-order valence-electron chi connectivity index (χ2n) is 7.03. The zero-order chi connectivity index (χ0) is 20.5. The first-order valence-electron chi connectivity index (χ1n) is 10.00. The Morgan fingerprint density at radius 1 is 1.21 bits per heavy atom. The van der Waals surface area contributed by atoms with E-state index in [2.05, 4.69) is 10.3 Å². The van der Waals surface area contributed by atoms with Gasteiger partial charge in [0.1, 0.15) is 5.75 Å². The number of pyridine rings is 1. The molecule has 0 fully saturated rings. The Morgan fingerprint density at radius 3 is 2.90 bits per heavy atom. The van der Waals surface area contributed by atoms with Crippen LogP contribution < -0.4 is 10.1 Å². The van der Waals surface area contributed by atoms with Gasteiger partial charge in [0, 0.05) is 31.3 Å². The Bertz CT molecular complexity index is 826. The molecule has 3 rings (SSSR count). The first-order valence-corrected chi connectivity index (χ1v) is 10.00. The molecule has 0 saturated heterocycles. The highest BCUT2D eigenvalue weighted by atomic mass is 16.5. The van der Waals surface area contributed by atoms with Gasteiger partial charge in [-0.1, -0.05) is 6.07 Å². The van der Waals surface area contributed by atoms with Gasteiger partial charge in [0.2, 0.25) is 11.8 Å². The molecular formula is C22H27N3O4. The van der Waals surface area contributed by atoms with Gasteiger partial charge in [0.25, 0.3) is 0 Å². The number of nitrogens with one attached hydrogen (secondary N) is 1. The quantitative estimate of drug-likeness (QED) is 0.601. The third-order valence-electron chi connectivity index (χ3n) is 4.83. The molecular weight excluding hydrogens is 370 g/mol. The molecule has 0 aliphatic carbocycles. The van der Waals surface area contributed by atoms with Crippen LogP contribution in [0.3, 0.4) is 0 Å². The minimum absolute atomic E-state index is 0.00854. The van der Waals surface area contributed by atoms with E-state index < -0.39 is 0 Å². The number of hydrogen-bond donors (Lipinski definition) is 2. The van der Waals surface area contributed by atoms with Crippen LogP contribution in [0.4, 0.5) is 5.69 Å². The first-order chi connectivity index (χ1) is 14.2. The Balaban J connectivity index is 1.40. The van der Waals surface area contributed by atoms with E-state index in [1.807, 2.05) is 36.4 Å². The van der Waals surface area contributed by atoms with Gasteiger partial charge in [-0.25, -0.2) is 0 Å². The number of aliphatic hydroxyl groups excluding tert-OH is 1. The Morgan fingerprint density at radius 2 is 2.10 bits per heavy atom. The lowest BCUT2D eigenvalue weighted by Gasteiger charge is -2.21. The number of rotatable bonds is 10. The van der Waals surface area contributed by atoms with Crippen LogP contribution in [0.1, 0.15) is 36.9 Å². The fourth-order valence-corrected chi connectivity index (χ4v) is 3.28. The molecule has 1 aromatic heterocycles. The monoisotopic (exact) mass is 397 g/mol. The van der Waals surface area contributed by atoms with Gasteiger partial charge in [0.15, 0.2) is 0 Å². The van der Waals surface area contributed by atoms with Crippen LogP contribution in [-0.4, -0.2) is 46.6 Å². The minimum atomic E-state index is -0.0690. The Kier molecular flexibility index (Phi) is 7.58. The van der Waals surface area contributed by atoms with Crippen LogP contribution in [0.5, 0.6) is 5.75 Å². The average molecular weight is 397 g/mol. The maximum atomic E-state index is 12.5. The van der Waals surface area contributed by atoms with Crippen molar-refractivity contribution in [3.63, 3.8) is 0 Å². The fourth-order valence-electron chi connectivity index (χ4n) is 3.28. The highest BCUT2D eigenvalue weighted by Gasteiger charge is 2.16. The number of nitrogens with zero attached hydrogens (tertiary/aromatic N) is 2. The SMILES string of the molecule is O=C1CCc2cc(OCCCCC(=O)N(CCO)Cc3ccccn3)ccc2N1. The number of aromatic nitrogens is 1. The number of aryl methyl sites for hydroxylation is 1. The maximum Gasteiger partial charge on any atom is 0.224 e. The van der Waals surface area contributed by atoms with E-state index in [4.69, 9.17) is 4.74 Å². The second kappa shape index (κ2) is 10.6. The number of benzene rings is 1. The summed E-state index contributed by atoms with van der Waals surface area (Å²) in [6, 6.07) is 11.3. The molecule has 7 nitrogen and oxygen atoms in total. The standard InChI is InChI=1S/C22H27N3O4/c26-13-12-25(16-18-5-1-3-11-23-18)22(28)6-2-4-14-29-19-8-9-20-17(15-19)7-10-21(27)24-20/h1,3,5,8-9,11,15,26H,2,4,6-7,10,12-14,16H2,(H,24,27). The van der Waals surface area contributed by atoms with Crippen molar-refractivity contribution in [1.29, 1.82) is 0 Å². The number of carbonyl (C=O) groups is 2. The van der Waals surface area contributed by atoms with Gasteiger partial charge in [-0.3, -0.25) is 14.6 Å². The summed E-state index contributed by atoms with van der Waals surface area (Å²) < 4.78 is 5.80. The number of unbranched alkanes of at least 4 members (excludes halogenated alkanes) is 1. The van der Waals surface area contributed by atoms with Gasteiger partial charge >= 0.3 is 0 Å². The fraction of sp³-hybridized carbons (Fsp3) is 0.409. The summed E-state index contributed by atoms with van der Waals surface area (Å²) in [6.07, 6.45) is 4.81. The summed E-state index contributed by atoms with van der Waals surface area (Å²) in [7, 11) is 0. The lowest BCUT2D eigenvalue weighted by molar-refractivity contribution is -0.132. The normalized spacial score (nSPS) is 12.8. The molecule has 1 aliphatic heterocycles. The van der Waals surface area contributed by atoms with Crippen molar-refractivity contribution in [2.45, 2.75) is 38.6 Å². The number of hydrogen-bond acceptors (Lipinski definition) is 5. The largest absolute Gasteiger partial charge is 0.494 e. The van der Waals surface area contributed by atoms with E-state index in [1.54, 1.807) is 11.1 Å². The highest BCUT2D eigenvalue weighted by molar-refractivity contribution is 5.94. The second-order valence-corrected chi connectivity index (χ2v) is 7.03. The lowest BCUT2D eigenvalue weighted by atomic mass is 10.0. The summed E-state index contributed by atoms with van der Waals surface area (Å²) in [5.74, 6) is 0.839. The molecule has 1 aliphatic rings. The predicted octanol–water partition coefficient (Wildman–Crippen LogP) is 2.54. The topological polar surface area (TPSA) is 91.8 Å². The van der Waals surface area contributed by atoms with Crippen LogP contribution >= 0.6 is 0 Å². The van der Waals surface area contributed by atoms with Crippen LogP contribution in [0.15, 0.2) is 42.6 Å². The number of anilines is 1. The minimum Gasteiger partial charge on any atom is -0.494 e. The van der Waals surface area contributed by atoms with Crippen molar-refractivity contribution in [2.75, 3.05) is 25.1 Å². The van der Waals surface area contributed by atoms with Crippen LogP contribution in [0, 0.1) is 0 Å². The first kappa shape index (κ1) is 20.8. The molecule has 1 aromatic carbocycles. The zero-order valence-electron chi connectivity index (χ0n) is 16.5. The van der Waals surface area contributed by atoms with Gasteiger partial charge in [-0.15, -0.1) is 0 Å². The summed E-state index contributed by atoms with van der Waals surface area (Å²) >= 11 is 0. The summed E-state index contributed by atoms with van der Waals surface area (Å²) in [5, 5.41) is 12.1. The third-order valence-corrected chi connectivity index (χ3v) is 4.83. The van der Waals surface area contributed by atoms with Crippen LogP contribution in [0.25, 0.3) is 0 Å². The molecule has 2 amide bonds. The summed E-state index contributed by atoms with van der Waals surface area (Å²) in [5.41, 5.74) is 2.75. The van der Waals surface area contributed by atoms with Gasteiger partial charge < -0.3 is 20.1 Å². The van der Waals surface area contributed by atoms with Crippen molar-refractivity contribution in [2.24, 2.45) is 0 Å². The van der Waals surface area contributed by atoms with Gasteiger partial charge in [-0.05, 0) is 55.2 Å². The third kappa shape index (κ3) is 6.29. The van der Waals surface area contributed by atoms with Crippen LogP contribution in [0.2, 0.25) is 0 Å². The van der Waals surface area contributed by atoms with E-state index in [0.717, 1.165) is 35.5 Å². The number of aliphatic hydroxyl groups is 1. The molecule has 0 saturated carbocycles. The van der Waals surface area contributed by atoms with Crippen molar-refractivity contribution in [1.82, 2.24) is 9.88 Å². The van der Waals surface area contributed by atoms with Crippen LogP contribution in [-0.2, 0) is 22.6 Å². The molecule has 0 unspecified atom stereocenters. The van der Waals surface area contributed by atoms with E-state index in [1.165, 1.54) is 0 Å². The predicted molar refractivity (Wildman–Crippen MR) is 109 cm³/mol. The molecule has 2 aromatic rings. The summed E-state index contributed by atoms with van der Waals surface area (Å²) in [6.45, 7) is 1.17. The van der Waals surface area contributed by atoms with Crippen molar-refractivity contribution >= 4 is 17.5 Å². The number of amides is 2. The van der Waals surface area contributed by atoms with E-state index in [0.29, 0.717) is 39.0 Å². The number of fused-ring (bicyclic) bond motifs is 1. The molecule has 2 heterocycles. The summed E-state index contributed by atoms with van der Waals surface area (Å²) in [4.78, 5) is 29.8. The molecule has 154 valence electrons. The van der Waals surface area contributed by atoms with E-state index in [9.17, 15) is 14.7 Å². The highest BCUT2D eigenvalue weighted by Crippen LogP contribution is 2.26. The van der Waals surface area contributed by atoms with Crippen molar-refractivity contribution in [3.05, 3.63) is 53.9 Å². The number of ether oxygens (including phenoxy) is 1. The van der Waals surface area contributed by atoms with E-state index in [-0.39, 0.29) is 18.4 Å². The zero-order valence-corrected chi connectivity index (χ0v) is 16.5. The Hall–Kier alpha value is -2.93. The van der Waals surface area contributed by atoms with Gasteiger partial charge in [0.05, 0.1) is 25.5 Å². The van der Waals surface area contributed by atoms with E-state index >= 15 is 0 Å². The smallest absolute Gasteiger partial charge is 0.224 e. The molecule has 7 heteroatoms. The van der Waals surface area contributed by atoms with Crippen molar-refractivity contribution in [3.8, 4) is 5.75 Å². The molecule has 0 spiro atoms. The lowest BCUT2D eigenvalue weighted by Crippen LogP contribution is -2.33. The average Bonchev–Trinajstić information content (AvgIpc) is 2.74. The molecule has 29 heavy (non-hydrogen) atoms. The molecule has 0 atom stereocenters. The van der Waals surface area contributed by atoms with Gasteiger partial charge in [-0.2, -0.15) is 0 Å². The van der Waals surface area contributed by atoms with Crippen molar-refractivity contribution < 1.29 is 19.4 Å². The maximum absolute atomic E-state index is 12.5.